The van der Waals surface area contributed by atoms with E-state index < -0.39 is 0 Å². The highest BCUT2D eigenvalue weighted by Crippen LogP contribution is 2.13. The zero-order valence-electron chi connectivity index (χ0n) is 18.1. The second-order valence-corrected chi connectivity index (χ2v) is 9.60. The van der Waals surface area contributed by atoms with Crippen molar-refractivity contribution in [1.82, 2.24) is 0 Å². The van der Waals surface area contributed by atoms with Gasteiger partial charge in [-0.15, -0.1) is 11.8 Å². The van der Waals surface area contributed by atoms with Gasteiger partial charge in [0.2, 0.25) is 5.91 Å². The van der Waals surface area contributed by atoms with Gasteiger partial charge in [0.25, 0.3) is 0 Å². The van der Waals surface area contributed by atoms with Gasteiger partial charge < -0.3 is 10.2 Å². The van der Waals surface area contributed by atoms with Gasteiger partial charge in [0, 0.05) is 5.75 Å². The Bertz CT molecular complexity index is 321. The van der Waals surface area contributed by atoms with E-state index in [1.54, 1.807) is 11.8 Å². The molecule has 0 atom stereocenters. The molecule has 0 saturated carbocycles. The van der Waals surface area contributed by atoms with Crippen molar-refractivity contribution in [2.45, 2.75) is 96.8 Å². The van der Waals surface area contributed by atoms with Crippen LogP contribution in [-0.2, 0) is 4.79 Å². The van der Waals surface area contributed by atoms with Gasteiger partial charge in [-0.2, -0.15) is 0 Å². The van der Waals surface area contributed by atoms with Gasteiger partial charge in [0.15, 0.2) is 0 Å². The van der Waals surface area contributed by atoms with Crippen LogP contribution in [0.1, 0.15) is 96.8 Å². The second kappa shape index (κ2) is 18.2. The van der Waals surface area contributed by atoms with E-state index in [1.165, 1.54) is 96.4 Å². The van der Waals surface area contributed by atoms with Crippen molar-refractivity contribution in [3.8, 4) is 0 Å². The standard InChI is InChI=1S/C22H46N2OS/c1-4-5-6-7-8-9-10-11-12-13-14-15-16-17-18-24(2,3)19-20-26-21-22(23)25/h4-21H2,1-3H3,(H-,23,25)/p+1. The van der Waals surface area contributed by atoms with Crippen LogP contribution in [0.4, 0.5) is 0 Å². The molecule has 0 saturated heterocycles. The number of quaternary nitrogens is 1. The highest BCUT2D eigenvalue weighted by molar-refractivity contribution is 7.99. The Labute approximate surface area is 168 Å². The average Bonchev–Trinajstić information content (AvgIpc) is 2.59. The number of amides is 1. The summed E-state index contributed by atoms with van der Waals surface area (Å²) in [5.41, 5.74) is 5.17. The molecule has 0 rings (SSSR count). The lowest BCUT2D eigenvalue weighted by Gasteiger charge is -2.29. The summed E-state index contributed by atoms with van der Waals surface area (Å²) in [6.07, 6.45) is 19.8. The molecule has 3 nitrogen and oxygen atoms in total. The van der Waals surface area contributed by atoms with Crippen molar-refractivity contribution in [2.75, 3.05) is 38.7 Å². The van der Waals surface area contributed by atoms with Crippen molar-refractivity contribution >= 4 is 17.7 Å². The third-order valence-electron chi connectivity index (χ3n) is 5.20. The van der Waals surface area contributed by atoms with Gasteiger partial charge in [-0.1, -0.05) is 84.0 Å². The van der Waals surface area contributed by atoms with Crippen LogP contribution in [0.5, 0.6) is 0 Å². The number of thioether (sulfide) groups is 1. The SMILES string of the molecule is CCCCCCCCCCCCCCCC[N+](C)(C)CCSCC(N)=O. The van der Waals surface area contributed by atoms with Crippen molar-refractivity contribution in [3.63, 3.8) is 0 Å². The number of nitrogens with two attached hydrogens (primary N) is 1. The number of primary amides is 1. The maximum Gasteiger partial charge on any atom is 0.227 e. The molecule has 0 heterocycles. The molecule has 0 aromatic rings. The maximum atomic E-state index is 10.7. The predicted molar refractivity (Wildman–Crippen MR) is 119 cm³/mol. The molecule has 156 valence electrons. The van der Waals surface area contributed by atoms with Gasteiger partial charge >= 0.3 is 0 Å². The maximum absolute atomic E-state index is 10.7. The van der Waals surface area contributed by atoms with Crippen LogP contribution in [0.25, 0.3) is 0 Å². The lowest BCUT2D eigenvalue weighted by Crippen LogP contribution is -2.42. The smallest absolute Gasteiger partial charge is 0.227 e. The van der Waals surface area contributed by atoms with E-state index in [0.29, 0.717) is 5.75 Å². The van der Waals surface area contributed by atoms with E-state index in [9.17, 15) is 4.79 Å². The van der Waals surface area contributed by atoms with E-state index in [-0.39, 0.29) is 5.91 Å². The van der Waals surface area contributed by atoms with Gasteiger partial charge in [-0.25, -0.2) is 0 Å². The van der Waals surface area contributed by atoms with E-state index in [1.807, 2.05) is 0 Å². The Morgan fingerprint density at radius 3 is 1.58 bits per heavy atom. The molecule has 0 radical (unpaired) electrons. The number of unbranched alkanes of at least 4 members (excludes halogenated alkanes) is 13. The van der Waals surface area contributed by atoms with E-state index in [0.717, 1.165) is 16.8 Å². The summed E-state index contributed by atoms with van der Waals surface area (Å²) in [6, 6.07) is 0. The van der Waals surface area contributed by atoms with E-state index in [2.05, 4.69) is 21.0 Å². The van der Waals surface area contributed by atoms with Crippen LogP contribution in [0, 0.1) is 0 Å². The molecule has 0 aromatic heterocycles. The van der Waals surface area contributed by atoms with Gasteiger partial charge in [0.1, 0.15) is 0 Å². The molecule has 0 unspecified atom stereocenters. The second-order valence-electron chi connectivity index (χ2n) is 8.50. The molecule has 2 N–H and O–H groups in total. The van der Waals surface area contributed by atoms with Crippen LogP contribution >= 0.6 is 11.8 Å². The number of rotatable bonds is 20. The van der Waals surface area contributed by atoms with Crippen LogP contribution in [0.15, 0.2) is 0 Å². The fourth-order valence-corrected chi connectivity index (χ4v) is 4.30. The molecule has 4 heteroatoms. The van der Waals surface area contributed by atoms with Crippen molar-refractivity contribution in [1.29, 1.82) is 0 Å². The largest absolute Gasteiger partial charge is 0.369 e. The van der Waals surface area contributed by atoms with Crippen molar-refractivity contribution < 1.29 is 9.28 Å². The van der Waals surface area contributed by atoms with Gasteiger partial charge in [-0.05, 0) is 12.8 Å². The lowest BCUT2D eigenvalue weighted by molar-refractivity contribution is -0.888. The first-order valence-electron chi connectivity index (χ1n) is 11.2. The van der Waals surface area contributed by atoms with Crippen molar-refractivity contribution in [3.05, 3.63) is 0 Å². The molecule has 26 heavy (non-hydrogen) atoms. The van der Waals surface area contributed by atoms with Gasteiger partial charge in [0.05, 0.1) is 32.9 Å². The average molecular weight is 388 g/mol. The monoisotopic (exact) mass is 387 g/mol. The van der Waals surface area contributed by atoms with E-state index >= 15 is 0 Å². The summed E-state index contributed by atoms with van der Waals surface area (Å²) >= 11 is 1.66. The Balaban J connectivity index is 3.28. The minimum atomic E-state index is -0.202. The Morgan fingerprint density at radius 2 is 1.15 bits per heavy atom. The molecule has 0 aromatic carbocycles. The minimum Gasteiger partial charge on any atom is -0.369 e. The van der Waals surface area contributed by atoms with Crippen molar-refractivity contribution in [2.24, 2.45) is 5.73 Å². The molecule has 0 aliphatic rings. The third-order valence-corrected chi connectivity index (χ3v) is 6.16. The van der Waals surface area contributed by atoms with Crippen LogP contribution < -0.4 is 5.73 Å². The summed E-state index contributed by atoms with van der Waals surface area (Å²) in [6.45, 7) is 4.65. The summed E-state index contributed by atoms with van der Waals surface area (Å²) in [5.74, 6) is 1.28. The topological polar surface area (TPSA) is 43.1 Å². The molecule has 1 amide bonds. The predicted octanol–water partition coefficient (Wildman–Crippen LogP) is 5.76. The molecule has 0 aliphatic carbocycles. The molecule has 0 aliphatic heterocycles. The summed E-state index contributed by atoms with van der Waals surface area (Å²) in [4.78, 5) is 10.7. The lowest BCUT2D eigenvalue weighted by atomic mass is 10.0. The first kappa shape index (κ1) is 25.8. The number of carbonyl (C=O) groups is 1. The third kappa shape index (κ3) is 20.1. The first-order chi connectivity index (χ1) is 12.5. The fraction of sp³-hybridized carbons (Fsp3) is 0.955. The molecular weight excluding hydrogens is 340 g/mol. The molecule has 0 fully saturated rings. The summed E-state index contributed by atoms with van der Waals surface area (Å²) < 4.78 is 1.06. The Hall–Kier alpha value is -0.220. The number of carbonyl (C=O) groups excluding carboxylic acids is 1. The fourth-order valence-electron chi connectivity index (χ4n) is 3.33. The Kier molecular flexibility index (Phi) is 18.0. The van der Waals surface area contributed by atoms with Crippen LogP contribution in [0.2, 0.25) is 0 Å². The summed E-state index contributed by atoms with van der Waals surface area (Å²) in [5, 5.41) is 0. The zero-order chi connectivity index (χ0) is 19.5. The van der Waals surface area contributed by atoms with Crippen LogP contribution in [0.3, 0.4) is 0 Å². The highest BCUT2D eigenvalue weighted by Gasteiger charge is 2.14. The van der Waals surface area contributed by atoms with Crippen LogP contribution in [-0.4, -0.2) is 49.1 Å². The minimum absolute atomic E-state index is 0.202. The van der Waals surface area contributed by atoms with E-state index in [4.69, 9.17) is 5.73 Å². The summed E-state index contributed by atoms with van der Waals surface area (Å²) in [7, 11) is 4.60. The highest BCUT2D eigenvalue weighted by atomic mass is 32.2. The first-order valence-corrected chi connectivity index (χ1v) is 12.3. The number of nitrogens with zero attached hydrogens (tertiary/aromatic N) is 1. The normalized spacial score (nSPS) is 11.8. The molecule has 0 spiro atoms. The zero-order valence-corrected chi connectivity index (χ0v) is 18.9. The quantitative estimate of drug-likeness (QED) is 0.213. The molecular formula is C22H47N2OS+. The van der Waals surface area contributed by atoms with Gasteiger partial charge in [-0.3, -0.25) is 4.79 Å². The Morgan fingerprint density at radius 1 is 0.731 bits per heavy atom. The molecule has 0 bridgehead atoms. The number of hydrogen-bond acceptors (Lipinski definition) is 2. The number of hydrogen-bond donors (Lipinski definition) is 1.